The van der Waals surface area contributed by atoms with Gasteiger partial charge in [0.1, 0.15) is 17.4 Å². The van der Waals surface area contributed by atoms with Crippen molar-refractivity contribution in [2.45, 2.75) is 13.5 Å². The molecule has 2 N–H and O–H groups in total. The van der Waals surface area contributed by atoms with Crippen LogP contribution in [0.5, 0.6) is 5.75 Å². The Balaban J connectivity index is 2.71. The lowest BCUT2D eigenvalue weighted by Gasteiger charge is -2.11. The maximum atomic E-state index is 13.4. The fourth-order valence-corrected chi connectivity index (χ4v) is 2.02. The summed E-state index contributed by atoms with van der Waals surface area (Å²) in [6.07, 6.45) is 0. The summed E-state index contributed by atoms with van der Waals surface area (Å²) in [4.78, 5) is 4.37. The minimum atomic E-state index is -0.312. The summed E-state index contributed by atoms with van der Waals surface area (Å²) in [6.45, 7) is 2.19. The summed E-state index contributed by atoms with van der Waals surface area (Å²) in [5, 5.41) is 0. The van der Waals surface area contributed by atoms with E-state index in [0.717, 1.165) is 17.2 Å². The highest BCUT2D eigenvalue weighted by Gasteiger charge is 2.17. The third-order valence-electron chi connectivity index (χ3n) is 3.00. The van der Waals surface area contributed by atoms with Gasteiger partial charge in [-0.2, -0.15) is 0 Å². The second-order valence-electron chi connectivity index (χ2n) is 4.06. The van der Waals surface area contributed by atoms with Crippen LogP contribution in [0.1, 0.15) is 11.5 Å². The van der Waals surface area contributed by atoms with Gasteiger partial charge in [0.25, 0.3) is 0 Å². The van der Waals surface area contributed by atoms with Crippen molar-refractivity contribution < 1.29 is 9.13 Å². The molecule has 1 aromatic carbocycles. The van der Waals surface area contributed by atoms with E-state index in [1.807, 2.05) is 18.5 Å². The van der Waals surface area contributed by atoms with Crippen molar-refractivity contribution in [3.8, 4) is 17.0 Å². The van der Waals surface area contributed by atoms with E-state index in [2.05, 4.69) is 4.98 Å². The molecule has 0 unspecified atom stereocenters. The Bertz CT molecular complexity index is 578. The van der Waals surface area contributed by atoms with Crippen molar-refractivity contribution >= 4 is 0 Å². The lowest BCUT2D eigenvalue weighted by Crippen LogP contribution is -2.02. The number of nitrogens with two attached hydrogens (primary N) is 1. The van der Waals surface area contributed by atoms with E-state index in [9.17, 15) is 4.39 Å². The summed E-state index contributed by atoms with van der Waals surface area (Å²) in [5.41, 5.74) is 7.89. The first-order chi connectivity index (χ1) is 8.58. The van der Waals surface area contributed by atoms with Gasteiger partial charge in [0.15, 0.2) is 0 Å². The molecular weight excluding hydrogens is 233 g/mol. The zero-order valence-corrected chi connectivity index (χ0v) is 10.7. The third-order valence-corrected chi connectivity index (χ3v) is 3.00. The molecule has 0 atom stereocenters. The molecular formula is C13H16FN3O. The number of hydrogen-bond acceptors (Lipinski definition) is 3. The summed E-state index contributed by atoms with van der Waals surface area (Å²) in [7, 11) is 3.43. The minimum absolute atomic E-state index is 0.302. The zero-order valence-electron chi connectivity index (χ0n) is 10.7. The van der Waals surface area contributed by atoms with E-state index in [1.165, 1.54) is 12.1 Å². The Hall–Kier alpha value is -1.88. The molecule has 1 aromatic heterocycles. The molecule has 0 saturated carbocycles. The zero-order chi connectivity index (χ0) is 13.3. The Morgan fingerprint density at radius 2 is 2.17 bits per heavy atom. The minimum Gasteiger partial charge on any atom is -0.496 e. The molecule has 1 heterocycles. The number of halogens is 1. The van der Waals surface area contributed by atoms with Crippen LogP contribution in [0.2, 0.25) is 0 Å². The second-order valence-corrected chi connectivity index (χ2v) is 4.06. The van der Waals surface area contributed by atoms with Crippen LogP contribution in [0.25, 0.3) is 11.3 Å². The Kier molecular flexibility index (Phi) is 3.34. The number of rotatable bonds is 3. The van der Waals surface area contributed by atoms with Crippen molar-refractivity contribution in [1.82, 2.24) is 9.55 Å². The van der Waals surface area contributed by atoms with Crippen LogP contribution in [-0.2, 0) is 13.6 Å². The standard InChI is InChI=1S/C13H16FN3O/c1-8-16-11(7-15)13(17(8)2)10-6-9(14)4-5-12(10)18-3/h4-6H,7,15H2,1-3H3. The number of nitrogens with zero attached hydrogens (tertiary/aromatic N) is 2. The number of hydrogen-bond donors (Lipinski definition) is 1. The van der Waals surface area contributed by atoms with Crippen LogP contribution in [0.4, 0.5) is 4.39 Å². The van der Waals surface area contributed by atoms with Crippen LogP contribution in [0.15, 0.2) is 18.2 Å². The van der Waals surface area contributed by atoms with Crippen molar-refractivity contribution in [3.63, 3.8) is 0 Å². The van der Waals surface area contributed by atoms with E-state index in [1.54, 1.807) is 13.2 Å². The predicted molar refractivity (Wildman–Crippen MR) is 67.8 cm³/mol. The maximum absolute atomic E-state index is 13.4. The van der Waals surface area contributed by atoms with Gasteiger partial charge in [0.05, 0.1) is 18.5 Å². The normalized spacial score (nSPS) is 10.7. The molecule has 0 amide bonds. The molecule has 0 aliphatic rings. The van der Waals surface area contributed by atoms with Gasteiger partial charge in [0, 0.05) is 19.2 Å². The van der Waals surface area contributed by atoms with E-state index in [0.29, 0.717) is 17.9 Å². The fourth-order valence-electron chi connectivity index (χ4n) is 2.02. The van der Waals surface area contributed by atoms with Crippen LogP contribution < -0.4 is 10.5 Å². The Morgan fingerprint density at radius 3 is 2.78 bits per heavy atom. The molecule has 0 bridgehead atoms. The van der Waals surface area contributed by atoms with Crippen LogP contribution in [0.3, 0.4) is 0 Å². The fraction of sp³-hybridized carbons (Fsp3) is 0.308. The maximum Gasteiger partial charge on any atom is 0.128 e. The molecule has 0 saturated heterocycles. The van der Waals surface area contributed by atoms with Gasteiger partial charge in [-0.3, -0.25) is 0 Å². The number of methoxy groups -OCH3 is 1. The van der Waals surface area contributed by atoms with E-state index >= 15 is 0 Å². The molecule has 18 heavy (non-hydrogen) atoms. The highest BCUT2D eigenvalue weighted by molar-refractivity contribution is 5.70. The van der Waals surface area contributed by atoms with Crippen molar-refractivity contribution in [3.05, 3.63) is 35.5 Å². The first-order valence-corrected chi connectivity index (χ1v) is 5.64. The van der Waals surface area contributed by atoms with Crippen molar-refractivity contribution in [2.24, 2.45) is 12.8 Å². The number of aromatic nitrogens is 2. The van der Waals surface area contributed by atoms with Crippen molar-refractivity contribution in [1.29, 1.82) is 0 Å². The van der Waals surface area contributed by atoms with Gasteiger partial charge in [-0.25, -0.2) is 9.37 Å². The average molecular weight is 249 g/mol. The van der Waals surface area contributed by atoms with Gasteiger partial charge in [-0.15, -0.1) is 0 Å². The number of imidazole rings is 1. The van der Waals surface area contributed by atoms with E-state index in [-0.39, 0.29) is 5.82 Å². The van der Waals surface area contributed by atoms with Crippen molar-refractivity contribution in [2.75, 3.05) is 7.11 Å². The van der Waals surface area contributed by atoms with Gasteiger partial charge in [0.2, 0.25) is 0 Å². The molecule has 0 fully saturated rings. The summed E-state index contributed by atoms with van der Waals surface area (Å²) < 4.78 is 20.6. The Labute approximate surface area is 105 Å². The highest BCUT2D eigenvalue weighted by atomic mass is 19.1. The summed E-state index contributed by atoms with van der Waals surface area (Å²) in [5.74, 6) is 1.12. The molecule has 4 nitrogen and oxygen atoms in total. The SMILES string of the molecule is COc1ccc(F)cc1-c1c(CN)nc(C)n1C. The van der Waals surface area contributed by atoms with Crippen LogP contribution >= 0.6 is 0 Å². The van der Waals surface area contributed by atoms with E-state index < -0.39 is 0 Å². The second kappa shape index (κ2) is 4.78. The lowest BCUT2D eigenvalue weighted by molar-refractivity contribution is 0.415. The molecule has 2 rings (SSSR count). The molecule has 0 spiro atoms. The number of aryl methyl sites for hydroxylation is 1. The Morgan fingerprint density at radius 1 is 1.44 bits per heavy atom. The van der Waals surface area contributed by atoms with E-state index in [4.69, 9.17) is 10.5 Å². The van der Waals surface area contributed by atoms with Gasteiger partial charge >= 0.3 is 0 Å². The predicted octanol–water partition coefficient (Wildman–Crippen LogP) is 2.00. The smallest absolute Gasteiger partial charge is 0.128 e. The molecule has 96 valence electrons. The molecule has 0 radical (unpaired) electrons. The number of benzene rings is 1. The monoisotopic (exact) mass is 249 g/mol. The lowest BCUT2D eigenvalue weighted by atomic mass is 10.1. The molecule has 0 aliphatic carbocycles. The van der Waals surface area contributed by atoms with Gasteiger partial charge < -0.3 is 15.0 Å². The first-order valence-electron chi connectivity index (χ1n) is 5.64. The van der Waals surface area contributed by atoms with Gasteiger partial charge in [-0.1, -0.05) is 0 Å². The highest BCUT2D eigenvalue weighted by Crippen LogP contribution is 2.33. The number of ether oxygens (including phenoxy) is 1. The average Bonchev–Trinajstić information content (AvgIpc) is 2.65. The molecule has 2 aromatic rings. The summed E-state index contributed by atoms with van der Waals surface area (Å²) in [6, 6.07) is 4.41. The van der Waals surface area contributed by atoms with Gasteiger partial charge in [-0.05, 0) is 25.1 Å². The third kappa shape index (κ3) is 1.97. The topological polar surface area (TPSA) is 53.1 Å². The first kappa shape index (κ1) is 12.6. The van der Waals surface area contributed by atoms with Crippen LogP contribution in [-0.4, -0.2) is 16.7 Å². The quantitative estimate of drug-likeness (QED) is 0.905. The summed E-state index contributed by atoms with van der Waals surface area (Å²) >= 11 is 0. The molecule has 5 heteroatoms. The molecule has 0 aliphatic heterocycles. The van der Waals surface area contributed by atoms with Crippen LogP contribution in [0, 0.1) is 12.7 Å². The largest absolute Gasteiger partial charge is 0.496 e.